The molecule has 0 aliphatic carbocycles. The predicted octanol–water partition coefficient (Wildman–Crippen LogP) is 2.06. The van der Waals surface area contributed by atoms with Gasteiger partial charge in [0.05, 0.1) is 11.3 Å². The summed E-state index contributed by atoms with van der Waals surface area (Å²) in [6, 6.07) is 1.44. The molecule has 1 saturated heterocycles. The number of aromatic nitrogens is 1. The summed E-state index contributed by atoms with van der Waals surface area (Å²) in [5, 5.41) is 12.6. The summed E-state index contributed by atoms with van der Waals surface area (Å²) < 4.78 is 0. The van der Waals surface area contributed by atoms with Crippen molar-refractivity contribution in [1.82, 2.24) is 4.98 Å². The Morgan fingerprint density at radius 3 is 3.06 bits per heavy atom. The van der Waals surface area contributed by atoms with Crippen LogP contribution in [0, 0.1) is 0 Å². The quantitative estimate of drug-likeness (QED) is 0.774. The fraction of sp³-hybridized carbons (Fsp3) is 0.500. The van der Waals surface area contributed by atoms with Crippen LogP contribution in [0.2, 0.25) is 0 Å². The summed E-state index contributed by atoms with van der Waals surface area (Å²) in [6.45, 7) is 0.828. The Hall–Kier alpha value is -1.43. The van der Waals surface area contributed by atoms with Crippen LogP contribution >= 0.6 is 11.8 Å². The normalized spacial score (nSPS) is 19.4. The fourth-order valence-electron chi connectivity index (χ4n) is 1.93. The van der Waals surface area contributed by atoms with Crippen LogP contribution in [0.25, 0.3) is 0 Å². The zero-order valence-corrected chi connectivity index (χ0v) is 10.9. The molecule has 1 aromatic rings. The molecule has 0 spiro atoms. The largest absolute Gasteiger partial charge is 0.478 e. The van der Waals surface area contributed by atoms with Gasteiger partial charge in [0.2, 0.25) is 0 Å². The van der Waals surface area contributed by atoms with Gasteiger partial charge < -0.3 is 16.2 Å². The number of rotatable bonds is 4. The maximum absolute atomic E-state index is 10.8. The van der Waals surface area contributed by atoms with Gasteiger partial charge in [-0.3, -0.25) is 0 Å². The summed E-state index contributed by atoms with van der Waals surface area (Å²) in [4.78, 5) is 14.8. The van der Waals surface area contributed by atoms with Crippen LogP contribution in [0.4, 0.5) is 11.5 Å². The van der Waals surface area contributed by atoms with E-state index in [0.29, 0.717) is 16.8 Å². The molecular weight excluding hydrogens is 250 g/mol. The van der Waals surface area contributed by atoms with Gasteiger partial charge in [0, 0.05) is 18.0 Å². The Morgan fingerprint density at radius 2 is 2.44 bits per heavy atom. The van der Waals surface area contributed by atoms with E-state index >= 15 is 0 Å². The van der Waals surface area contributed by atoms with Gasteiger partial charge in [-0.05, 0) is 24.7 Å². The molecule has 2 rings (SSSR count). The topological polar surface area (TPSA) is 88.2 Å². The third-order valence-electron chi connectivity index (χ3n) is 2.94. The molecule has 0 amide bonds. The van der Waals surface area contributed by atoms with Crippen molar-refractivity contribution in [3.05, 3.63) is 17.8 Å². The molecule has 1 unspecified atom stereocenters. The molecule has 0 aromatic carbocycles. The van der Waals surface area contributed by atoms with Gasteiger partial charge in [0.25, 0.3) is 0 Å². The first-order chi connectivity index (χ1) is 8.66. The minimum atomic E-state index is -1.01. The number of hydrogen-bond acceptors (Lipinski definition) is 5. The molecule has 2 heterocycles. The molecule has 0 saturated carbocycles. The van der Waals surface area contributed by atoms with Gasteiger partial charge in [-0.1, -0.05) is 6.42 Å². The zero-order chi connectivity index (χ0) is 13.0. The molecule has 1 atom stereocenters. The third-order valence-corrected chi connectivity index (χ3v) is 4.33. The molecule has 0 bridgehead atoms. The summed E-state index contributed by atoms with van der Waals surface area (Å²) >= 11 is 1.97. The van der Waals surface area contributed by atoms with E-state index in [1.54, 1.807) is 0 Å². The first kappa shape index (κ1) is 13.0. The Morgan fingerprint density at radius 1 is 1.61 bits per heavy atom. The second kappa shape index (κ2) is 5.95. The van der Waals surface area contributed by atoms with E-state index in [4.69, 9.17) is 10.8 Å². The van der Waals surface area contributed by atoms with E-state index in [9.17, 15) is 4.79 Å². The lowest BCUT2D eigenvalue weighted by Crippen LogP contribution is -2.21. The highest BCUT2D eigenvalue weighted by Gasteiger charge is 2.14. The Balaban J connectivity index is 1.94. The van der Waals surface area contributed by atoms with Crippen molar-refractivity contribution in [3.8, 4) is 0 Å². The molecule has 18 heavy (non-hydrogen) atoms. The number of carbonyl (C=O) groups is 1. The number of nitrogens with one attached hydrogen (secondary N) is 1. The Bertz CT molecular complexity index is 433. The van der Waals surface area contributed by atoms with E-state index in [2.05, 4.69) is 10.3 Å². The molecule has 1 aromatic heterocycles. The average Bonchev–Trinajstić information content (AvgIpc) is 2.38. The summed E-state index contributed by atoms with van der Waals surface area (Å²) in [5.41, 5.74) is 6.28. The Labute approximate surface area is 110 Å². The van der Waals surface area contributed by atoms with Crippen LogP contribution in [0.3, 0.4) is 0 Å². The highest BCUT2D eigenvalue weighted by atomic mass is 32.2. The van der Waals surface area contributed by atoms with Crippen LogP contribution < -0.4 is 11.1 Å². The summed E-state index contributed by atoms with van der Waals surface area (Å²) in [5.74, 6) is 0.780. The SMILES string of the molecule is Nc1cc(C(=O)O)cnc1NCC1CCCCS1. The smallest absolute Gasteiger partial charge is 0.337 e. The second-order valence-corrected chi connectivity index (χ2v) is 5.74. The first-order valence-corrected chi connectivity index (χ1v) is 7.06. The number of hydrogen-bond donors (Lipinski definition) is 3. The van der Waals surface area contributed by atoms with Crippen molar-refractivity contribution in [2.24, 2.45) is 0 Å². The molecule has 4 N–H and O–H groups in total. The van der Waals surface area contributed by atoms with E-state index in [-0.39, 0.29) is 5.56 Å². The molecular formula is C12H17N3O2S. The number of carboxylic acid groups (broad SMARTS) is 1. The van der Waals surface area contributed by atoms with Crippen molar-refractivity contribution >= 4 is 29.2 Å². The standard InChI is InChI=1S/C12H17N3O2S/c13-10-5-8(12(16)17)6-14-11(10)15-7-9-3-1-2-4-18-9/h5-6,9H,1-4,7,13H2,(H,14,15)(H,16,17). The summed E-state index contributed by atoms with van der Waals surface area (Å²) in [6.07, 6.45) is 5.12. The lowest BCUT2D eigenvalue weighted by Gasteiger charge is -2.22. The van der Waals surface area contributed by atoms with Crippen molar-refractivity contribution in [1.29, 1.82) is 0 Å². The van der Waals surface area contributed by atoms with Crippen molar-refractivity contribution in [3.63, 3.8) is 0 Å². The highest BCUT2D eigenvalue weighted by Crippen LogP contribution is 2.26. The van der Waals surface area contributed by atoms with Gasteiger partial charge in [-0.2, -0.15) is 11.8 Å². The maximum atomic E-state index is 10.8. The average molecular weight is 267 g/mol. The van der Waals surface area contributed by atoms with Gasteiger partial charge in [0.1, 0.15) is 5.82 Å². The second-order valence-electron chi connectivity index (χ2n) is 4.34. The predicted molar refractivity (Wildman–Crippen MR) is 74.2 cm³/mol. The van der Waals surface area contributed by atoms with E-state index < -0.39 is 5.97 Å². The lowest BCUT2D eigenvalue weighted by molar-refractivity contribution is 0.0696. The Kier molecular flexibility index (Phi) is 4.30. The van der Waals surface area contributed by atoms with Gasteiger partial charge in [0.15, 0.2) is 0 Å². The third kappa shape index (κ3) is 3.29. The monoisotopic (exact) mass is 267 g/mol. The van der Waals surface area contributed by atoms with Crippen LogP contribution in [0.5, 0.6) is 0 Å². The highest BCUT2D eigenvalue weighted by molar-refractivity contribution is 7.99. The maximum Gasteiger partial charge on any atom is 0.337 e. The van der Waals surface area contributed by atoms with Crippen LogP contribution in [0.1, 0.15) is 29.6 Å². The molecule has 0 radical (unpaired) electrons. The minimum Gasteiger partial charge on any atom is -0.478 e. The molecule has 1 fully saturated rings. The van der Waals surface area contributed by atoms with Crippen molar-refractivity contribution in [2.45, 2.75) is 24.5 Å². The molecule has 98 valence electrons. The van der Waals surface area contributed by atoms with Crippen LogP contribution in [-0.2, 0) is 0 Å². The van der Waals surface area contributed by atoms with E-state index in [1.165, 1.54) is 37.3 Å². The number of nitrogen functional groups attached to an aromatic ring is 1. The van der Waals surface area contributed by atoms with Gasteiger partial charge >= 0.3 is 5.97 Å². The number of anilines is 2. The van der Waals surface area contributed by atoms with Gasteiger partial charge in [-0.25, -0.2) is 9.78 Å². The lowest BCUT2D eigenvalue weighted by atomic mass is 10.2. The molecule has 5 nitrogen and oxygen atoms in total. The number of carboxylic acids is 1. The number of aromatic carboxylic acids is 1. The fourth-order valence-corrected chi connectivity index (χ4v) is 3.16. The van der Waals surface area contributed by atoms with Crippen LogP contribution in [0.15, 0.2) is 12.3 Å². The van der Waals surface area contributed by atoms with Crippen molar-refractivity contribution < 1.29 is 9.90 Å². The molecule has 1 aliphatic heterocycles. The minimum absolute atomic E-state index is 0.116. The summed E-state index contributed by atoms with van der Waals surface area (Å²) in [7, 11) is 0. The van der Waals surface area contributed by atoms with Crippen molar-refractivity contribution in [2.75, 3.05) is 23.3 Å². The number of pyridine rings is 1. The zero-order valence-electron chi connectivity index (χ0n) is 10.1. The number of nitrogens with zero attached hydrogens (tertiary/aromatic N) is 1. The number of thioether (sulfide) groups is 1. The first-order valence-electron chi connectivity index (χ1n) is 6.01. The number of nitrogens with two attached hydrogens (primary N) is 1. The van der Waals surface area contributed by atoms with Gasteiger partial charge in [-0.15, -0.1) is 0 Å². The van der Waals surface area contributed by atoms with Crippen LogP contribution in [-0.4, -0.2) is 33.6 Å². The van der Waals surface area contributed by atoms with E-state index in [0.717, 1.165) is 6.54 Å². The van der Waals surface area contributed by atoms with E-state index in [1.807, 2.05) is 11.8 Å². The molecule has 1 aliphatic rings. The molecule has 6 heteroatoms.